The Morgan fingerprint density at radius 3 is 2.62 bits per heavy atom. The Labute approximate surface area is 131 Å². The van der Waals surface area contributed by atoms with Gasteiger partial charge in [0.05, 0.1) is 10.4 Å². The summed E-state index contributed by atoms with van der Waals surface area (Å²) in [7, 11) is 0. The van der Waals surface area contributed by atoms with E-state index in [1.165, 1.54) is 11.1 Å². The summed E-state index contributed by atoms with van der Waals surface area (Å²) in [6.45, 7) is 2.14. The van der Waals surface area contributed by atoms with Gasteiger partial charge in [-0.15, -0.1) is 0 Å². The highest BCUT2D eigenvalue weighted by Crippen LogP contribution is 2.46. The number of hydrogen-bond donors (Lipinski definition) is 2. The van der Waals surface area contributed by atoms with Crippen molar-refractivity contribution in [3.63, 3.8) is 0 Å². The lowest BCUT2D eigenvalue weighted by Gasteiger charge is -2.45. The van der Waals surface area contributed by atoms with Crippen LogP contribution >= 0.6 is 12.2 Å². The van der Waals surface area contributed by atoms with Crippen molar-refractivity contribution in [1.82, 2.24) is 5.32 Å². The van der Waals surface area contributed by atoms with Crippen LogP contribution in [0.15, 0.2) is 24.3 Å². The normalized spacial score (nSPS) is 30.9. The van der Waals surface area contributed by atoms with Crippen molar-refractivity contribution in [3.8, 4) is 0 Å². The molecule has 1 fully saturated rings. The van der Waals surface area contributed by atoms with Crippen LogP contribution in [0.5, 0.6) is 0 Å². The smallest absolute Gasteiger partial charge is 0.233 e. The Bertz CT molecular complexity index is 578. The Hall–Kier alpha value is -1.42. The Kier molecular flexibility index (Phi) is 3.74. The molecule has 3 rings (SSSR count). The SMILES string of the molecule is CC1CC(C(=O)NC2CCc3ccccc3C2)(C(N)=S)C1. The van der Waals surface area contributed by atoms with E-state index in [-0.39, 0.29) is 11.9 Å². The van der Waals surface area contributed by atoms with Crippen LogP contribution in [0.25, 0.3) is 0 Å². The first kappa shape index (κ1) is 14.5. The largest absolute Gasteiger partial charge is 0.392 e. The van der Waals surface area contributed by atoms with Gasteiger partial charge in [0.15, 0.2) is 0 Å². The maximum absolute atomic E-state index is 12.6. The Morgan fingerprint density at radius 2 is 2.00 bits per heavy atom. The van der Waals surface area contributed by atoms with Gasteiger partial charge in [0.2, 0.25) is 5.91 Å². The highest BCUT2D eigenvalue weighted by atomic mass is 32.1. The number of rotatable bonds is 3. The van der Waals surface area contributed by atoms with Crippen molar-refractivity contribution in [2.75, 3.05) is 0 Å². The molecule has 0 aliphatic heterocycles. The second-order valence-corrected chi connectivity index (χ2v) is 7.08. The molecule has 112 valence electrons. The summed E-state index contributed by atoms with van der Waals surface area (Å²) in [5.41, 5.74) is 8.01. The Balaban J connectivity index is 1.68. The van der Waals surface area contributed by atoms with E-state index in [1.54, 1.807) is 0 Å². The van der Waals surface area contributed by atoms with E-state index in [4.69, 9.17) is 18.0 Å². The van der Waals surface area contributed by atoms with Gasteiger partial charge in [-0.2, -0.15) is 0 Å². The molecule has 3 N–H and O–H groups in total. The van der Waals surface area contributed by atoms with Crippen LogP contribution in [0.4, 0.5) is 0 Å². The molecule has 0 bridgehead atoms. The maximum Gasteiger partial charge on any atom is 0.233 e. The van der Waals surface area contributed by atoms with Gasteiger partial charge in [-0.05, 0) is 49.1 Å². The van der Waals surface area contributed by atoms with Crippen molar-refractivity contribution in [1.29, 1.82) is 0 Å². The predicted molar refractivity (Wildman–Crippen MR) is 88.0 cm³/mol. The van der Waals surface area contributed by atoms with Crippen molar-refractivity contribution in [3.05, 3.63) is 35.4 Å². The number of aryl methyl sites for hydroxylation is 1. The molecule has 1 aromatic carbocycles. The molecule has 4 heteroatoms. The number of carbonyl (C=O) groups excluding carboxylic acids is 1. The molecule has 0 heterocycles. The van der Waals surface area contributed by atoms with Crippen LogP contribution in [0, 0.1) is 11.3 Å². The molecule has 21 heavy (non-hydrogen) atoms. The first-order valence-corrected chi connectivity index (χ1v) is 8.10. The number of nitrogens with two attached hydrogens (primary N) is 1. The third-order valence-corrected chi connectivity index (χ3v) is 5.37. The third-order valence-electron chi connectivity index (χ3n) is 4.98. The molecule has 3 nitrogen and oxygen atoms in total. The average molecular weight is 302 g/mol. The van der Waals surface area contributed by atoms with Gasteiger partial charge < -0.3 is 11.1 Å². The van der Waals surface area contributed by atoms with Crippen molar-refractivity contribution in [2.45, 2.75) is 45.1 Å². The minimum atomic E-state index is -0.592. The maximum atomic E-state index is 12.6. The van der Waals surface area contributed by atoms with E-state index in [9.17, 15) is 4.79 Å². The van der Waals surface area contributed by atoms with Gasteiger partial charge in [-0.3, -0.25) is 4.79 Å². The molecule has 1 aromatic rings. The van der Waals surface area contributed by atoms with Gasteiger partial charge in [-0.1, -0.05) is 43.4 Å². The summed E-state index contributed by atoms with van der Waals surface area (Å²) < 4.78 is 0. The molecular weight excluding hydrogens is 280 g/mol. The van der Waals surface area contributed by atoms with Crippen LogP contribution in [0.3, 0.4) is 0 Å². The second-order valence-electron chi connectivity index (χ2n) is 6.64. The van der Waals surface area contributed by atoms with Crippen LogP contribution in [0.2, 0.25) is 0 Å². The standard InChI is InChI=1S/C17H22N2OS/c1-11-9-17(10-11,15(18)21)16(20)19-14-7-6-12-4-2-3-5-13(12)8-14/h2-5,11,14H,6-10H2,1H3,(H2,18,21)(H,19,20). The van der Waals surface area contributed by atoms with E-state index in [0.29, 0.717) is 10.9 Å². The van der Waals surface area contributed by atoms with Crippen LogP contribution in [0.1, 0.15) is 37.3 Å². The van der Waals surface area contributed by atoms with Gasteiger partial charge >= 0.3 is 0 Å². The number of benzene rings is 1. The molecule has 0 spiro atoms. The molecule has 2 aliphatic carbocycles. The number of fused-ring (bicyclic) bond motifs is 1. The van der Waals surface area contributed by atoms with E-state index in [2.05, 4.69) is 36.5 Å². The van der Waals surface area contributed by atoms with Gasteiger partial charge in [-0.25, -0.2) is 0 Å². The fraction of sp³-hybridized carbons (Fsp3) is 0.529. The monoisotopic (exact) mass is 302 g/mol. The molecule has 1 amide bonds. The lowest BCUT2D eigenvalue weighted by molar-refractivity contribution is -0.133. The molecule has 1 unspecified atom stereocenters. The summed E-state index contributed by atoms with van der Waals surface area (Å²) in [5.74, 6) is 0.571. The van der Waals surface area contributed by atoms with E-state index >= 15 is 0 Å². The summed E-state index contributed by atoms with van der Waals surface area (Å²) in [6, 6.07) is 8.68. The van der Waals surface area contributed by atoms with Crippen LogP contribution in [-0.4, -0.2) is 16.9 Å². The fourth-order valence-corrected chi connectivity index (χ4v) is 4.03. The Morgan fingerprint density at radius 1 is 1.33 bits per heavy atom. The molecule has 0 radical (unpaired) electrons. The zero-order valence-electron chi connectivity index (χ0n) is 12.4. The zero-order chi connectivity index (χ0) is 15.0. The minimum Gasteiger partial charge on any atom is -0.392 e. The first-order chi connectivity index (χ1) is 10.0. The third kappa shape index (κ3) is 2.57. The van der Waals surface area contributed by atoms with Crippen LogP contribution in [-0.2, 0) is 17.6 Å². The van der Waals surface area contributed by atoms with E-state index in [1.807, 2.05) is 0 Å². The molecule has 0 saturated heterocycles. The first-order valence-electron chi connectivity index (χ1n) is 7.69. The highest BCUT2D eigenvalue weighted by molar-refractivity contribution is 7.80. The predicted octanol–water partition coefficient (Wildman–Crippen LogP) is 2.36. The molecular formula is C17H22N2OS. The average Bonchev–Trinajstić information content (AvgIpc) is 2.43. The van der Waals surface area contributed by atoms with Gasteiger partial charge in [0.1, 0.15) is 0 Å². The number of carbonyl (C=O) groups is 1. The second kappa shape index (κ2) is 5.41. The topological polar surface area (TPSA) is 55.1 Å². The lowest BCUT2D eigenvalue weighted by Crippen LogP contribution is -2.58. The van der Waals surface area contributed by atoms with Crippen LogP contribution < -0.4 is 11.1 Å². The number of thiocarbonyl (C=S) groups is 1. The molecule has 2 aliphatic rings. The van der Waals surface area contributed by atoms with Crippen molar-refractivity contribution >= 4 is 23.1 Å². The zero-order valence-corrected chi connectivity index (χ0v) is 13.2. The molecule has 1 atom stereocenters. The van der Waals surface area contributed by atoms with Crippen molar-refractivity contribution in [2.24, 2.45) is 17.1 Å². The summed E-state index contributed by atoms with van der Waals surface area (Å²) in [4.78, 5) is 13.0. The van der Waals surface area contributed by atoms with Gasteiger partial charge in [0.25, 0.3) is 0 Å². The molecule has 1 saturated carbocycles. The number of nitrogens with one attached hydrogen (secondary N) is 1. The summed E-state index contributed by atoms with van der Waals surface area (Å²) in [5, 5.41) is 3.20. The summed E-state index contributed by atoms with van der Waals surface area (Å²) >= 11 is 5.16. The summed E-state index contributed by atoms with van der Waals surface area (Å²) in [6.07, 6.45) is 4.50. The quantitative estimate of drug-likeness (QED) is 0.843. The van der Waals surface area contributed by atoms with E-state index in [0.717, 1.165) is 32.1 Å². The highest BCUT2D eigenvalue weighted by Gasteiger charge is 2.51. The number of amides is 1. The fourth-order valence-electron chi connectivity index (χ4n) is 3.77. The van der Waals surface area contributed by atoms with Crippen molar-refractivity contribution < 1.29 is 4.79 Å². The van der Waals surface area contributed by atoms with Gasteiger partial charge in [0, 0.05) is 6.04 Å². The minimum absolute atomic E-state index is 0.0393. The lowest BCUT2D eigenvalue weighted by atomic mass is 9.62. The molecule has 0 aromatic heterocycles. The number of hydrogen-bond acceptors (Lipinski definition) is 2. The van der Waals surface area contributed by atoms with E-state index < -0.39 is 5.41 Å².